The van der Waals surface area contributed by atoms with Crippen molar-refractivity contribution in [2.75, 3.05) is 13.1 Å². The van der Waals surface area contributed by atoms with Crippen molar-refractivity contribution in [2.45, 2.75) is 37.8 Å². The van der Waals surface area contributed by atoms with Crippen LogP contribution in [0.4, 0.5) is 13.2 Å². The van der Waals surface area contributed by atoms with E-state index in [9.17, 15) is 18.3 Å². The van der Waals surface area contributed by atoms with Crippen LogP contribution in [0.5, 0.6) is 5.75 Å². The number of benzene rings is 2. The molecule has 1 aliphatic heterocycles. The number of hydrogen-bond acceptors (Lipinski definition) is 6. The second-order valence-corrected chi connectivity index (χ2v) is 7.52. The maximum atomic E-state index is 12.3. The Labute approximate surface area is 177 Å². The zero-order valence-corrected chi connectivity index (χ0v) is 16.6. The average Bonchev–Trinajstić information content (AvgIpc) is 3.35. The number of hydrogen-bond donors (Lipinski definition) is 1. The third kappa shape index (κ3) is 5.62. The Kier molecular flexibility index (Phi) is 6.24. The van der Waals surface area contributed by atoms with E-state index in [2.05, 4.69) is 31.9 Å². The van der Waals surface area contributed by atoms with Gasteiger partial charge in [-0.25, -0.2) is 0 Å². The van der Waals surface area contributed by atoms with E-state index in [-0.39, 0.29) is 17.6 Å². The monoisotopic (exact) mass is 433 g/mol. The zero-order valence-electron chi connectivity index (χ0n) is 16.6. The van der Waals surface area contributed by atoms with Crippen LogP contribution < -0.4 is 4.74 Å². The molecule has 0 spiro atoms. The smallest absolute Gasteiger partial charge is 0.406 e. The summed E-state index contributed by atoms with van der Waals surface area (Å²) in [5, 5.41) is 14.1. The van der Waals surface area contributed by atoms with Gasteiger partial charge in [-0.3, -0.25) is 4.90 Å². The Hall–Kier alpha value is -2.91. The number of aliphatic hydroxyl groups excluding tert-OH is 1. The van der Waals surface area contributed by atoms with Crippen LogP contribution in [0, 0.1) is 0 Å². The first kappa shape index (κ1) is 21.3. The molecule has 0 amide bonds. The van der Waals surface area contributed by atoms with Gasteiger partial charge in [0.15, 0.2) is 0 Å². The highest BCUT2D eigenvalue weighted by molar-refractivity contribution is 5.55. The van der Waals surface area contributed by atoms with Crippen molar-refractivity contribution in [3.05, 3.63) is 66.1 Å². The minimum absolute atomic E-state index is 0.195. The van der Waals surface area contributed by atoms with E-state index in [1.807, 2.05) is 18.2 Å². The summed E-state index contributed by atoms with van der Waals surface area (Å²) in [6.45, 7) is 1.30. The Morgan fingerprint density at radius 3 is 2.55 bits per heavy atom. The maximum absolute atomic E-state index is 12.3. The van der Waals surface area contributed by atoms with Crippen molar-refractivity contribution in [3.8, 4) is 17.1 Å². The van der Waals surface area contributed by atoms with Crippen LogP contribution in [0.2, 0.25) is 0 Å². The topological polar surface area (TPSA) is 71.6 Å². The van der Waals surface area contributed by atoms with E-state index in [1.54, 1.807) is 0 Å². The fourth-order valence-electron chi connectivity index (χ4n) is 3.81. The fourth-order valence-corrected chi connectivity index (χ4v) is 3.81. The lowest BCUT2D eigenvalue weighted by Crippen LogP contribution is -2.26. The number of aromatic nitrogens is 2. The molecule has 2 unspecified atom stereocenters. The molecule has 0 aliphatic carbocycles. The number of aryl methyl sites for hydroxylation is 1. The molecule has 9 heteroatoms. The molecule has 6 nitrogen and oxygen atoms in total. The van der Waals surface area contributed by atoms with Crippen molar-refractivity contribution >= 4 is 0 Å². The van der Waals surface area contributed by atoms with Gasteiger partial charge in [-0.05, 0) is 55.6 Å². The van der Waals surface area contributed by atoms with Crippen molar-refractivity contribution in [1.82, 2.24) is 15.0 Å². The summed E-state index contributed by atoms with van der Waals surface area (Å²) in [4.78, 5) is 6.55. The van der Waals surface area contributed by atoms with Gasteiger partial charge in [0.05, 0.1) is 12.1 Å². The number of halogens is 3. The summed E-state index contributed by atoms with van der Waals surface area (Å²) in [6, 6.07) is 15.3. The molecule has 1 N–H and O–H groups in total. The number of ether oxygens (including phenoxy) is 1. The van der Waals surface area contributed by atoms with Crippen LogP contribution in [0.25, 0.3) is 11.4 Å². The van der Waals surface area contributed by atoms with Crippen LogP contribution in [-0.4, -0.2) is 45.7 Å². The molecule has 1 aliphatic rings. The minimum Gasteiger partial charge on any atom is -0.406 e. The lowest BCUT2D eigenvalue weighted by Gasteiger charge is -2.20. The second kappa shape index (κ2) is 9.07. The van der Waals surface area contributed by atoms with E-state index in [4.69, 9.17) is 4.52 Å². The Morgan fingerprint density at radius 1 is 1.10 bits per heavy atom. The largest absolute Gasteiger partial charge is 0.573 e. The van der Waals surface area contributed by atoms with E-state index < -0.39 is 12.5 Å². The van der Waals surface area contributed by atoms with Crippen LogP contribution in [-0.2, 0) is 6.42 Å². The molecular formula is C22H22F3N3O3. The quantitative estimate of drug-likeness (QED) is 0.597. The third-order valence-corrected chi connectivity index (χ3v) is 5.21. The van der Waals surface area contributed by atoms with E-state index >= 15 is 0 Å². The van der Waals surface area contributed by atoms with Crippen molar-refractivity contribution in [2.24, 2.45) is 0 Å². The maximum Gasteiger partial charge on any atom is 0.573 e. The molecule has 164 valence electrons. The van der Waals surface area contributed by atoms with Crippen molar-refractivity contribution in [1.29, 1.82) is 0 Å². The number of rotatable bonds is 7. The number of nitrogens with zero attached hydrogens (tertiary/aromatic N) is 3. The SMILES string of the molecule is OC1CC(c2nc(-c3ccc(OC(F)(F)F)cc3)no2)N(CCCc2ccccc2)C1. The molecule has 2 heterocycles. The molecule has 4 rings (SSSR count). The van der Waals surface area contributed by atoms with Gasteiger partial charge in [-0.2, -0.15) is 4.98 Å². The molecule has 31 heavy (non-hydrogen) atoms. The summed E-state index contributed by atoms with van der Waals surface area (Å²) in [6.07, 6.45) is -2.87. The van der Waals surface area contributed by atoms with E-state index in [1.165, 1.54) is 29.8 Å². The van der Waals surface area contributed by atoms with Crippen molar-refractivity contribution < 1.29 is 27.5 Å². The van der Waals surface area contributed by atoms with E-state index in [0.717, 1.165) is 19.4 Å². The highest BCUT2D eigenvalue weighted by Crippen LogP contribution is 2.33. The van der Waals surface area contributed by atoms with E-state index in [0.29, 0.717) is 24.4 Å². The fraction of sp³-hybridized carbons (Fsp3) is 0.364. The van der Waals surface area contributed by atoms with Crippen LogP contribution in [0.15, 0.2) is 59.1 Å². The minimum atomic E-state index is -4.74. The molecule has 0 bridgehead atoms. The molecule has 1 fully saturated rings. The van der Waals surface area contributed by atoms with Gasteiger partial charge in [0.25, 0.3) is 0 Å². The van der Waals surface area contributed by atoms with Crippen LogP contribution in [0.1, 0.15) is 30.3 Å². The molecule has 1 aromatic heterocycles. The molecular weight excluding hydrogens is 411 g/mol. The van der Waals surface area contributed by atoms with Gasteiger partial charge in [0.2, 0.25) is 11.7 Å². The predicted molar refractivity (Wildman–Crippen MR) is 106 cm³/mol. The first-order valence-corrected chi connectivity index (χ1v) is 10.0. The lowest BCUT2D eigenvalue weighted by molar-refractivity contribution is -0.274. The zero-order chi connectivity index (χ0) is 21.8. The standard InChI is InChI=1S/C22H22F3N3O3/c23-22(24,25)30-18-10-8-16(9-11-18)20-26-21(31-27-20)19-13-17(29)14-28(19)12-4-7-15-5-2-1-3-6-15/h1-3,5-6,8-11,17,19,29H,4,7,12-14H2. The van der Waals surface area contributed by atoms with Crippen LogP contribution >= 0.6 is 0 Å². The van der Waals surface area contributed by atoms with Gasteiger partial charge < -0.3 is 14.4 Å². The average molecular weight is 433 g/mol. The molecule has 1 saturated heterocycles. The van der Waals surface area contributed by atoms with Crippen LogP contribution in [0.3, 0.4) is 0 Å². The second-order valence-electron chi connectivity index (χ2n) is 7.52. The van der Waals surface area contributed by atoms with Gasteiger partial charge in [-0.1, -0.05) is 35.5 Å². The highest BCUT2D eigenvalue weighted by Gasteiger charge is 2.35. The Bertz CT molecular complexity index is 977. The highest BCUT2D eigenvalue weighted by atomic mass is 19.4. The number of likely N-dealkylation sites (tertiary alicyclic amines) is 1. The number of alkyl halides is 3. The molecule has 0 saturated carbocycles. The summed E-state index contributed by atoms with van der Waals surface area (Å²) >= 11 is 0. The lowest BCUT2D eigenvalue weighted by atomic mass is 10.1. The normalized spacial score (nSPS) is 19.6. The van der Waals surface area contributed by atoms with Gasteiger partial charge >= 0.3 is 6.36 Å². The number of β-amino-alcohol motifs (C(OH)–C–C–N with tert-alkyl or cyclic N) is 1. The first-order valence-electron chi connectivity index (χ1n) is 10.0. The van der Waals surface area contributed by atoms with Gasteiger partial charge in [0, 0.05) is 12.1 Å². The molecule has 2 aromatic carbocycles. The third-order valence-electron chi connectivity index (χ3n) is 5.21. The molecule has 2 atom stereocenters. The predicted octanol–water partition coefficient (Wildman–Crippen LogP) is 4.38. The first-order chi connectivity index (χ1) is 14.9. The summed E-state index contributed by atoms with van der Waals surface area (Å²) in [5.41, 5.74) is 1.77. The summed E-state index contributed by atoms with van der Waals surface area (Å²) in [5.74, 6) is 0.351. The molecule has 0 radical (unpaired) electrons. The number of aliphatic hydroxyl groups is 1. The summed E-state index contributed by atoms with van der Waals surface area (Å²) < 4.78 is 46.2. The van der Waals surface area contributed by atoms with Crippen molar-refractivity contribution in [3.63, 3.8) is 0 Å². The van der Waals surface area contributed by atoms with Gasteiger partial charge in [0.1, 0.15) is 5.75 Å². The molecule has 3 aromatic rings. The Balaban J connectivity index is 1.40. The van der Waals surface area contributed by atoms with Gasteiger partial charge in [-0.15, -0.1) is 13.2 Å². The Morgan fingerprint density at radius 2 is 1.84 bits per heavy atom. The summed E-state index contributed by atoms with van der Waals surface area (Å²) in [7, 11) is 0.